The summed E-state index contributed by atoms with van der Waals surface area (Å²) in [6.07, 6.45) is 3.74. The Kier molecular flexibility index (Phi) is 3.11. The van der Waals surface area contributed by atoms with E-state index in [9.17, 15) is 4.79 Å². The van der Waals surface area contributed by atoms with E-state index in [1.165, 1.54) is 22.3 Å². The smallest absolute Gasteiger partial charge is 0.150 e. The predicted octanol–water partition coefficient (Wildman–Crippen LogP) is 3.61. The lowest BCUT2D eigenvalue weighted by molar-refractivity contribution is 0.112. The number of carbonyl (C=O) groups excluding carboxylic acids is 1. The number of nitrogens with zero attached hydrogens (tertiary/aromatic N) is 2. The molecule has 0 N–H and O–H groups in total. The van der Waals surface area contributed by atoms with E-state index in [4.69, 9.17) is 0 Å². The molecule has 0 unspecified atom stereocenters. The second kappa shape index (κ2) is 5.26. The zero-order valence-corrected chi connectivity index (χ0v) is 12.2. The summed E-state index contributed by atoms with van der Waals surface area (Å²) < 4.78 is 0. The maximum absolute atomic E-state index is 11.0. The van der Waals surface area contributed by atoms with E-state index >= 15 is 0 Å². The Labute approximate surface area is 129 Å². The molecule has 1 aliphatic rings. The van der Waals surface area contributed by atoms with E-state index in [1.807, 2.05) is 30.5 Å². The molecule has 0 radical (unpaired) electrons. The first-order valence-corrected chi connectivity index (χ1v) is 7.51. The van der Waals surface area contributed by atoms with Crippen molar-refractivity contribution in [2.24, 2.45) is 0 Å². The van der Waals surface area contributed by atoms with Gasteiger partial charge in [0.1, 0.15) is 6.29 Å². The highest BCUT2D eigenvalue weighted by Gasteiger charge is 2.18. The van der Waals surface area contributed by atoms with Crippen molar-refractivity contribution < 1.29 is 4.79 Å². The van der Waals surface area contributed by atoms with Crippen LogP contribution in [-0.2, 0) is 13.0 Å². The van der Waals surface area contributed by atoms with Crippen LogP contribution in [0.15, 0.2) is 54.7 Å². The molecule has 3 nitrogen and oxygen atoms in total. The molecule has 0 atom stereocenters. The van der Waals surface area contributed by atoms with Crippen LogP contribution in [0.25, 0.3) is 10.8 Å². The third kappa shape index (κ3) is 2.15. The second-order valence-corrected chi connectivity index (χ2v) is 5.66. The Morgan fingerprint density at radius 2 is 2.05 bits per heavy atom. The van der Waals surface area contributed by atoms with Crippen molar-refractivity contribution >= 4 is 22.7 Å². The number of aromatic nitrogens is 1. The standard InChI is InChI=1S/C19H16N2O/c22-13-14-6-7-17-15(11-14)3-1-5-19(17)21-10-8-18-16(12-21)4-2-9-20-18/h1-7,9,11,13H,8,10,12H2. The van der Waals surface area contributed by atoms with Crippen molar-refractivity contribution in [2.45, 2.75) is 13.0 Å². The molecule has 4 rings (SSSR count). The molecule has 0 fully saturated rings. The highest BCUT2D eigenvalue weighted by atomic mass is 16.1. The summed E-state index contributed by atoms with van der Waals surface area (Å²) in [6.45, 7) is 1.86. The Morgan fingerprint density at radius 3 is 2.95 bits per heavy atom. The van der Waals surface area contributed by atoms with E-state index < -0.39 is 0 Å². The molecule has 1 aromatic heterocycles. The monoisotopic (exact) mass is 288 g/mol. The Bertz CT molecular complexity index is 857. The quantitative estimate of drug-likeness (QED) is 0.675. The number of benzene rings is 2. The van der Waals surface area contributed by atoms with E-state index in [-0.39, 0.29) is 0 Å². The maximum atomic E-state index is 11.0. The van der Waals surface area contributed by atoms with Crippen LogP contribution < -0.4 is 4.90 Å². The Morgan fingerprint density at radius 1 is 1.09 bits per heavy atom. The van der Waals surface area contributed by atoms with Gasteiger partial charge in [0.05, 0.1) is 0 Å². The van der Waals surface area contributed by atoms with Crippen molar-refractivity contribution in [3.05, 3.63) is 71.5 Å². The largest absolute Gasteiger partial charge is 0.366 e. The summed E-state index contributed by atoms with van der Waals surface area (Å²) in [5, 5.41) is 2.31. The van der Waals surface area contributed by atoms with Crippen LogP contribution in [0.4, 0.5) is 5.69 Å². The minimum atomic E-state index is 0.720. The van der Waals surface area contributed by atoms with Gasteiger partial charge in [-0.2, -0.15) is 0 Å². The third-order valence-corrected chi connectivity index (χ3v) is 4.32. The summed E-state index contributed by atoms with van der Waals surface area (Å²) in [5.41, 5.74) is 4.46. The second-order valence-electron chi connectivity index (χ2n) is 5.66. The number of carbonyl (C=O) groups is 1. The highest BCUT2D eigenvalue weighted by Crippen LogP contribution is 2.30. The molecular formula is C19H16N2O. The van der Waals surface area contributed by atoms with Crippen LogP contribution in [0.2, 0.25) is 0 Å². The van der Waals surface area contributed by atoms with Crippen LogP contribution in [0.5, 0.6) is 0 Å². The maximum Gasteiger partial charge on any atom is 0.150 e. The molecule has 0 bridgehead atoms. The van der Waals surface area contributed by atoms with Gasteiger partial charge in [0, 0.05) is 48.0 Å². The topological polar surface area (TPSA) is 33.2 Å². The first kappa shape index (κ1) is 13.0. The van der Waals surface area contributed by atoms with Gasteiger partial charge in [0.25, 0.3) is 0 Å². The van der Waals surface area contributed by atoms with E-state index in [0.717, 1.165) is 36.7 Å². The fraction of sp³-hybridized carbons (Fsp3) is 0.158. The van der Waals surface area contributed by atoms with E-state index in [1.54, 1.807) is 0 Å². The molecule has 0 aliphatic carbocycles. The van der Waals surface area contributed by atoms with Gasteiger partial charge in [-0.1, -0.05) is 30.3 Å². The molecule has 2 aromatic carbocycles. The van der Waals surface area contributed by atoms with Crippen molar-refractivity contribution in [1.82, 2.24) is 4.98 Å². The zero-order chi connectivity index (χ0) is 14.9. The lowest BCUT2D eigenvalue weighted by atomic mass is 10.0. The van der Waals surface area contributed by atoms with Gasteiger partial charge in [-0.05, 0) is 29.1 Å². The molecule has 3 aromatic rings. The molecule has 3 heteroatoms. The van der Waals surface area contributed by atoms with Crippen LogP contribution in [0.1, 0.15) is 21.6 Å². The van der Waals surface area contributed by atoms with Crippen LogP contribution in [0.3, 0.4) is 0 Å². The molecule has 0 amide bonds. The number of hydrogen-bond acceptors (Lipinski definition) is 3. The molecule has 0 saturated carbocycles. The first-order chi connectivity index (χ1) is 10.8. The van der Waals surface area contributed by atoms with Crippen LogP contribution >= 0.6 is 0 Å². The minimum Gasteiger partial charge on any atom is -0.366 e. The summed E-state index contributed by atoms with van der Waals surface area (Å²) in [5.74, 6) is 0. The summed E-state index contributed by atoms with van der Waals surface area (Å²) in [6, 6.07) is 16.3. The van der Waals surface area contributed by atoms with Gasteiger partial charge in [0.2, 0.25) is 0 Å². The van der Waals surface area contributed by atoms with Crippen molar-refractivity contribution in [1.29, 1.82) is 0 Å². The van der Waals surface area contributed by atoms with Crippen molar-refractivity contribution in [3.8, 4) is 0 Å². The van der Waals surface area contributed by atoms with Crippen LogP contribution in [0, 0.1) is 0 Å². The fourth-order valence-corrected chi connectivity index (χ4v) is 3.21. The molecule has 0 spiro atoms. The van der Waals surface area contributed by atoms with E-state index in [0.29, 0.717) is 0 Å². The molecule has 0 saturated heterocycles. The van der Waals surface area contributed by atoms with Gasteiger partial charge in [-0.3, -0.25) is 9.78 Å². The Hall–Kier alpha value is -2.68. The number of hydrogen-bond donors (Lipinski definition) is 0. The zero-order valence-electron chi connectivity index (χ0n) is 12.2. The molecule has 108 valence electrons. The number of rotatable bonds is 2. The van der Waals surface area contributed by atoms with Crippen molar-refractivity contribution in [2.75, 3.05) is 11.4 Å². The van der Waals surface area contributed by atoms with Crippen molar-refractivity contribution in [3.63, 3.8) is 0 Å². The number of pyridine rings is 1. The lowest BCUT2D eigenvalue weighted by Crippen LogP contribution is -2.30. The number of fused-ring (bicyclic) bond motifs is 2. The normalized spacial score (nSPS) is 13.9. The molecular weight excluding hydrogens is 272 g/mol. The number of anilines is 1. The number of aldehydes is 1. The first-order valence-electron chi connectivity index (χ1n) is 7.51. The van der Waals surface area contributed by atoms with Crippen LogP contribution in [-0.4, -0.2) is 17.8 Å². The lowest BCUT2D eigenvalue weighted by Gasteiger charge is -2.31. The predicted molar refractivity (Wildman–Crippen MR) is 88.3 cm³/mol. The van der Waals surface area contributed by atoms with Gasteiger partial charge < -0.3 is 4.90 Å². The minimum absolute atomic E-state index is 0.720. The average Bonchev–Trinajstić information content (AvgIpc) is 2.60. The Balaban J connectivity index is 1.77. The molecule has 2 heterocycles. The third-order valence-electron chi connectivity index (χ3n) is 4.32. The van der Waals surface area contributed by atoms with Gasteiger partial charge in [0.15, 0.2) is 0 Å². The summed E-state index contributed by atoms with van der Waals surface area (Å²) in [4.78, 5) is 17.8. The van der Waals surface area contributed by atoms with Gasteiger partial charge in [-0.25, -0.2) is 0 Å². The molecule has 1 aliphatic heterocycles. The average molecular weight is 288 g/mol. The summed E-state index contributed by atoms with van der Waals surface area (Å²) >= 11 is 0. The van der Waals surface area contributed by atoms with E-state index in [2.05, 4.69) is 34.1 Å². The molecule has 22 heavy (non-hydrogen) atoms. The SMILES string of the molecule is O=Cc1ccc2c(N3CCc4ncccc4C3)cccc2c1. The summed E-state index contributed by atoms with van der Waals surface area (Å²) in [7, 11) is 0. The highest BCUT2D eigenvalue weighted by molar-refractivity contribution is 5.97. The van der Waals surface area contributed by atoms with Gasteiger partial charge >= 0.3 is 0 Å². The fourth-order valence-electron chi connectivity index (χ4n) is 3.21. The van der Waals surface area contributed by atoms with Gasteiger partial charge in [-0.15, -0.1) is 0 Å².